The number of aryl methyl sites for hydroxylation is 2. The van der Waals surface area contributed by atoms with Crippen molar-refractivity contribution >= 4 is 21.8 Å². The van der Waals surface area contributed by atoms with E-state index >= 15 is 0 Å². The summed E-state index contributed by atoms with van der Waals surface area (Å²) in [4.78, 5) is 15.6. The van der Waals surface area contributed by atoms with E-state index in [1.165, 1.54) is 0 Å². The van der Waals surface area contributed by atoms with Gasteiger partial charge in [-0.05, 0) is 43.7 Å². The Kier molecular flexibility index (Phi) is 3.85. The molecule has 0 radical (unpaired) electrons. The quantitative estimate of drug-likeness (QED) is 0.943. The molecular weight excluding hydrogens is 308 g/mol. The number of rotatable bonds is 3. The van der Waals surface area contributed by atoms with E-state index in [1.54, 1.807) is 12.1 Å². The van der Waals surface area contributed by atoms with Crippen molar-refractivity contribution in [3.63, 3.8) is 0 Å². The maximum atomic E-state index is 11.4. The van der Waals surface area contributed by atoms with Crippen LogP contribution in [0.2, 0.25) is 0 Å². The van der Waals surface area contributed by atoms with Crippen molar-refractivity contribution in [2.45, 2.75) is 13.8 Å². The number of amides is 1. The van der Waals surface area contributed by atoms with Gasteiger partial charge in [0.2, 0.25) is 5.88 Å². The standard InChI is InChI=1S/C14H13BrN2O2/c1-8-3-5-10(15)7-12(8)19-14-11(13(16)18)6-4-9(2)17-14/h3-7H,1-2H3,(H2,16,18). The van der Waals surface area contributed by atoms with Crippen molar-refractivity contribution in [1.82, 2.24) is 4.98 Å². The largest absolute Gasteiger partial charge is 0.438 e. The number of carbonyl (C=O) groups is 1. The summed E-state index contributed by atoms with van der Waals surface area (Å²) in [6, 6.07) is 9.00. The van der Waals surface area contributed by atoms with Crippen LogP contribution in [0.25, 0.3) is 0 Å². The van der Waals surface area contributed by atoms with Gasteiger partial charge in [0.05, 0.1) is 0 Å². The third-order valence-corrected chi connectivity index (χ3v) is 3.12. The summed E-state index contributed by atoms with van der Waals surface area (Å²) < 4.78 is 6.61. The molecule has 2 N–H and O–H groups in total. The fourth-order valence-corrected chi connectivity index (χ4v) is 1.93. The lowest BCUT2D eigenvalue weighted by Gasteiger charge is -2.11. The normalized spacial score (nSPS) is 10.3. The first-order valence-electron chi connectivity index (χ1n) is 5.69. The Labute approximate surface area is 119 Å². The van der Waals surface area contributed by atoms with Crippen LogP contribution in [-0.4, -0.2) is 10.9 Å². The minimum absolute atomic E-state index is 0.230. The van der Waals surface area contributed by atoms with Crippen molar-refractivity contribution in [1.29, 1.82) is 0 Å². The lowest BCUT2D eigenvalue weighted by molar-refractivity contribution is 0.0997. The summed E-state index contributed by atoms with van der Waals surface area (Å²) in [5.74, 6) is 0.304. The van der Waals surface area contributed by atoms with Gasteiger partial charge in [0.1, 0.15) is 11.3 Å². The number of aromatic nitrogens is 1. The van der Waals surface area contributed by atoms with Gasteiger partial charge in [0, 0.05) is 10.2 Å². The molecule has 0 aliphatic carbocycles. The number of primary amides is 1. The fraction of sp³-hybridized carbons (Fsp3) is 0.143. The number of ether oxygens (including phenoxy) is 1. The van der Waals surface area contributed by atoms with Crippen LogP contribution in [0.1, 0.15) is 21.6 Å². The molecule has 0 bridgehead atoms. The van der Waals surface area contributed by atoms with Crippen molar-refractivity contribution in [3.8, 4) is 11.6 Å². The topological polar surface area (TPSA) is 65.2 Å². The van der Waals surface area contributed by atoms with Gasteiger partial charge >= 0.3 is 0 Å². The highest BCUT2D eigenvalue weighted by Crippen LogP contribution is 2.29. The second-order valence-electron chi connectivity index (χ2n) is 4.18. The number of hydrogen-bond donors (Lipinski definition) is 1. The number of carbonyl (C=O) groups excluding carboxylic acids is 1. The number of pyridine rings is 1. The summed E-state index contributed by atoms with van der Waals surface area (Å²) in [5.41, 5.74) is 7.29. The van der Waals surface area contributed by atoms with Gasteiger partial charge < -0.3 is 10.5 Å². The lowest BCUT2D eigenvalue weighted by Crippen LogP contribution is -2.13. The van der Waals surface area contributed by atoms with E-state index in [0.717, 1.165) is 15.7 Å². The number of hydrogen-bond acceptors (Lipinski definition) is 3. The molecule has 2 rings (SSSR count). The molecule has 5 heteroatoms. The number of nitrogens with zero attached hydrogens (tertiary/aromatic N) is 1. The van der Waals surface area contributed by atoms with E-state index in [-0.39, 0.29) is 11.4 Å². The predicted octanol–water partition coefficient (Wildman–Crippen LogP) is 3.35. The zero-order valence-electron chi connectivity index (χ0n) is 10.6. The van der Waals surface area contributed by atoms with E-state index in [0.29, 0.717) is 5.75 Å². The van der Waals surface area contributed by atoms with Crippen LogP contribution in [0.3, 0.4) is 0 Å². The average Bonchev–Trinajstić information content (AvgIpc) is 2.33. The molecule has 0 fully saturated rings. The third-order valence-electron chi connectivity index (χ3n) is 2.62. The Morgan fingerprint density at radius 2 is 2.00 bits per heavy atom. The molecule has 19 heavy (non-hydrogen) atoms. The molecule has 0 aliphatic heterocycles. The Hall–Kier alpha value is -1.88. The smallest absolute Gasteiger partial charge is 0.254 e. The summed E-state index contributed by atoms with van der Waals surface area (Å²) in [7, 11) is 0. The average molecular weight is 321 g/mol. The zero-order valence-corrected chi connectivity index (χ0v) is 12.2. The Morgan fingerprint density at radius 1 is 1.26 bits per heavy atom. The van der Waals surface area contributed by atoms with Crippen LogP contribution in [0.4, 0.5) is 0 Å². The Morgan fingerprint density at radius 3 is 2.68 bits per heavy atom. The van der Waals surface area contributed by atoms with Crippen LogP contribution >= 0.6 is 15.9 Å². The molecule has 1 amide bonds. The second-order valence-corrected chi connectivity index (χ2v) is 5.10. The second kappa shape index (κ2) is 5.40. The molecule has 2 aromatic rings. The molecule has 0 saturated heterocycles. The van der Waals surface area contributed by atoms with E-state index in [1.807, 2.05) is 32.0 Å². The van der Waals surface area contributed by atoms with Crippen LogP contribution < -0.4 is 10.5 Å². The fourth-order valence-electron chi connectivity index (χ4n) is 1.59. The van der Waals surface area contributed by atoms with E-state index in [9.17, 15) is 4.79 Å². The third kappa shape index (κ3) is 3.12. The van der Waals surface area contributed by atoms with Gasteiger partial charge in [0.25, 0.3) is 5.91 Å². The van der Waals surface area contributed by atoms with E-state index in [4.69, 9.17) is 10.5 Å². The van der Waals surface area contributed by atoms with Gasteiger partial charge in [-0.15, -0.1) is 0 Å². The molecule has 1 heterocycles. The molecule has 0 saturated carbocycles. The maximum absolute atomic E-state index is 11.4. The molecule has 1 aromatic heterocycles. The molecule has 0 spiro atoms. The Bertz CT molecular complexity index is 641. The first-order chi connectivity index (χ1) is 8.97. The van der Waals surface area contributed by atoms with Crippen LogP contribution in [-0.2, 0) is 0 Å². The van der Waals surface area contributed by atoms with Crippen molar-refractivity contribution in [2.75, 3.05) is 0 Å². The first-order valence-corrected chi connectivity index (χ1v) is 6.48. The highest BCUT2D eigenvalue weighted by Gasteiger charge is 2.13. The van der Waals surface area contributed by atoms with Gasteiger partial charge in [-0.3, -0.25) is 4.79 Å². The van der Waals surface area contributed by atoms with Crippen LogP contribution in [0.15, 0.2) is 34.8 Å². The summed E-state index contributed by atoms with van der Waals surface area (Å²) in [6.07, 6.45) is 0. The molecule has 4 nitrogen and oxygen atoms in total. The molecular formula is C14H13BrN2O2. The summed E-state index contributed by atoms with van der Waals surface area (Å²) in [6.45, 7) is 3.74. The highest BCUT2D eigenvalue weighted by molar-refractivity contribution is 9.10. The number of nitrogens with two attached hydrogens (primary N) is 1. The first kappa shape index (κ1) is 13.5. The van der Waals surface area contributed by atoms with Gasteiger partial charge in [-0.25, -0.2) is 4.98 Å². The lowest BCUT2D eigenvalue weighted by atomic mass is 10.2. The van der Waals surface area contributed by atoms with Gasteiger partial charge in [-0.2, -0.15) is 0 Å². The molecule has 98 valence electrons. The van der Waals surface area contributed by atoms with Crippen molar-refractivity contribution < 1.29 is 9.53 Å². The van der Waals surface area contributed by atoms with E-state index in [2.05, 4.69) is 20.9 Å². The Balaban J connectivity index is 2.45. The monoisotopic (exact) mass is 320 g/mol. The van der Waals surface area contributed by atoms with Gasteiger partial charge in [-0.1, -0.05) is 22.0 Å². The minimum Gasteiger partial charge on any atom is -0.438 e. The van der Waals surface area contributed by atoms with Crippen molar-refractivity contribution in [2.24, 2.45) is 5.73 Å². The van der Waals surface area contributed by atoms with Crippen LogP contribution in [0.5, 0.6) is 11.6 Å². The predicted molar refractivity (Wildman–Crippen MR) is 76.4 cm³/mol. The molecule has 1 aromatic carbocycles. The summed E-state index contributed by atoms with van der Waals surface area (Å²) in [5, 5.41) is 0. The minimum atomic E-state index is -0.560. The number of halogens is 1. The van der Waals surface area contributed by atoms with Gasteiger partial charge in [0.15, 0.2) is 0 Å². The zero-order chi connectivity index (χ0) is 14.0. The van der Waals surface area contributed by atoms with Crippen molar-refractivity contribution in [3.05, 3.63) is 51.6 Å². The maximum Gasteiger partial charge on any atom is 0.254 e. The molecule has 0 unspecified atom stereocenters. The van der Waals surface area contributed by atoms with E-state index < -0.39 is 5.91 Å². The highest BCUT2D eigenvalue weighted by atomic mass is 79.9. The number of benzene rings is 1. The molecule has 0 atom stereocenters. The summed E-state index contributed by atoms with van der Waals surface area (Å²) >= 11 is 3.38. The van der Waals surface area contributed by atoms with Crippen LogP contribution in [0, 0.1) is 13.8 Å². The molecule has 0 aliphatic rings. The SMILES string of the molecule is Cc1ccc(C(N)=O)c(Oc2cc(Br)ccc2C)n1.